The molecule has 0 bridgehead atoms. The number of hydrogen-bond donors (Lipinski definition) is 2. The zero-order chi connectivity index (χ0) is 18.0. The maximum Gasteiger partial charge on any atom is 0.347 e. The van der Waals surface area contributed by atoms with Gasteiger partial charge in [-0.2, -0.15) is 0 Å². The largest absolute Gasteiger partial charge is 0.477 e. The first kappa shape index (κ1) is 17.3. The van der Waals surface area contributed by atoms with Crippen LogP contribution >= 0.6 is 22.7 Å². The molecule has 3 aromatic heterocycles. The number of rotatable bonds is 6. The molecule has 7 nitrogen and oxygen atoms in total. The maximum absolute atomic E-state index is 12.2. The van der Waals surface area contributed by atoms with Gasteiger partial charge in [0.15, 0.2) is 0 Å². The predicted octanol–water partition coefficient (Wildman–Crippen LogP) is 3.29. The van der Waals surface area contributed by atoms with Crippen molar-refractivity contribution >= 4 is 34.6 Å². The number of carbonyl (C=O) groups is 2. The number of carboxylic acid groups (broad SMARTS) is 1. The summed E-state index contributed by atoms with van der Waals surface area (Å²) in [6, 6.07) is 1.45. The summed E-state index contributed by atoms with van der Waals surface area (Å²) in [7, 11) is 0. The maximum atomic E-state index is 12.2. The summed E-state index contributed by atoms with van der Waals surface area (Å²) in [4.78, 5) is 32.1. The van der Waals surface area contributed by atoms with Crippen LogP contribution < -0.4 is 5.32 Å². The molecule has 0 spiro atoms. The molecule has 0 fully saturated rings. The van der Waals surface area contributed by atoms with E-state index >= 15 is 0 Å². The van der Waals surface area contributed by atoms with Gasteiger partial charge in [0, 0.05) is 10.9 Å². The van der Waals surface area contributed by atoms with Crippen molar-refractivity contribution in [3.05, 3.63) is 45.2 Å². The Bertz CT molecular complexity index is 899. The molecule has 0 aromatic carbocycles. The Morgan fingerprint density at radius 3 is 2.84 bits per heavy atom. The van der Waals surface area contributed by atoms with Crippen molar-refractivity contribution in [1.29, 1.82) is 0 Å². The van der Waals surface area contributed by atoms with Gasteiger partial charge in [-0.3, -0.25) is 4.79 Å². The van der Waals surface area contributed by atoms with Crippen LogP contribution in [0.15, 0.2) is 28.4 Å². The molecular weight excluding hydrogens is 362 g/mol. The Labute approximate surface area is 151 Å². The lowest BCUT2D eigenvalue weighted by Gasteiger charge is -2.10. The predicted molar refractivity (Wildman–Crippen MR) is 93.9 cm³/mol. The number of hydrogen-bond acceptors (Lipinski definition) is 7. The van der Waals surface area contributed by atoms with Crippen LogP contribution in [0.25, 0.3) is 10.6 Å². The molecule has 9 heteroatoms. The van der Waals surface area contributed by atoms with Gasteiger partial charge in [-0.1, -0.05) is 0 Å². The Morgan fingerprint density at radius 1 is 1.40 bits per heavy atom. The van der Waals surface area contributed by atoms with E-state index in [1.165, 1.54) is 11.3 Å². The van der Waals surface area contributed by atoms with E-state index in [1.54, 1.807) is 26.4 Å². The van der Waals surface area contributed by atoms with Gasteiger partial charge < -0.3 is 14.8 Å². The standard InChI is InChI=1S/C16H15N3O4S2/c1-8-13(16(21)22)25-14(18-8)9(2)17-12(20)5-11-7-24-15(19-11)10-3-4-23-6-10/h3-4,6-7,9H,5H2,1-2H3,(H,17,20)(H,21,22). The number of amides is 1. The molecule has 0 radical (unpaired) electrons. The van der Waals surface area contributed by atoms with Crippen LogP contribution in [0.3, 0.4) is 0 Å². The summed E-state index contributed by atoms with van der Waals surface area (Å²) in [5.74, 6) is -1.20. The second-order valence-electron chi connectivity index (χ2n) is 5.39. The lowest BCUT2D eigenvalue weighted by Crippen LogP contribution is -2.28. The second-order valence-corrected chi connectivity index (χ2v) is 7.28. The van der Waals surface area contributed by atoms with Crippen molar-refractivity contribution in [1.82, 2.24) is 15.3 Å². The van der Waals surface area contributed by atoms with Crippen molar-refractivity contribution in [3.63, 3.8) is 0 Å². The topological polar surface area (TPSA) is 105 Å². The number of aryl methyl sites for hydroxylation is 1. The average Bonchev–Trinajstić information content (AvgIpc) is 3.25. The van der Waals surface area contributed by atoms with Crippen molar-refractivity contribution in [2.24, 2.45) is 0 Å². The van der Waals surface area contributed by atoms with E-state index in [1.807, 2.05) is 11.4 Å². The van der Waals surface area contributed by atoms with Gasteiger partial charge >= 0.3 is 5.97 Å². The Morgan fingerprint density at radius 2 is 2.20 bits per heavy atom. The highest BCUT2D eigenvalue weighted by molar-refractivity contribution is 7.13. The lowest BCUT2D eigenvalue weighted by atomic mass is 10.3. The Hall–Kier alpha value is -2.52. The van der Waals surface area contributed by atoms with Gasteiger partial charge in [0.2, 0.25) is 5.91 Å². The minimum absolute atomic E-state index is 0.148. The van der Waals surface area contributed by atoms with Crippen LogP contribution in [-0.2, 0) is 11.2 Å². The molecule has 130 valence electrons. The average molecular weight is 377 g/mol. The van der Waals surface area contributed by atoms with E-state index in [2.05, 4.69) is 15.3 Å². The van der Waals surface area contributed by atoms with Gasteiger partial charge in [0.05, 0.1) is 30.1 Å². The summed E-state index contributed by atoms with van der Waals surface area (Å²) < 4.78 is 5.03. The van der Waals surface area contributed by atoms with E-state index in [0.29, 0.717) is 16.4 Å². The fraction of sp³-hybridized carbons (Fsp3) is 0.250. The minimum atomic E-state index is -1.01. The van der Waals surface area contributed by atoms with Crippen LogP contribution in [0.5, 0.6) is 0 Å². The van der Waals surface area contributed by atoms with E-state index in [-0.39, 0.29) is 23.2 Å². The zero-order valence-corrected chi connectivity index (χ0v) is 15.1. The molecule has 25 heavy (non-hydrogen) atoms. The van der Waals surface area contributed by atoms with Crippen LogP contribution in [-0.4, -0.2) is 27.0 Å². The molecule has 0 aliphatic heterocycles. The van der Waals surface area contributed by atoms with E-state index < -0.39 is 5.97 Å². The molecular formula is C16H15N3O4S2. The first-order valence-electron chi connectivity index (χ1n) is 7.41. The molecule has 1 amide bonds. The van der Waals surface area contributed by atoms with Crippen molar-refractivity contribution in [2.75, 3.05) is 0 Å². The third kappa shape index (κ3) is 3.94. The Balaban J connectivity index is 1.62. The fourth-order valence-corrected chi connectivity index (χ4v) is 3.94. The number of thiazole rings is 2. The monoisotopic (exact) mass is 377 g/mol. The van der Waals surface area contributed by atoms with Crippen LogP contribution in [0.1, 0.15) is 39.0 Å². The number of aromatic nitrogens is 2. The smallest absolute Gasteiger partial charge is 0.347 e. The molecule has 3 rings (SSSR count). The third-order valence-electron chi connectivity index (χ3n) is 3.42. The van der Waals surface area contributed by atoms with Gasteiger partial charge in [0.1, 0.15) is 21.2 Å². The molecule has 0 aliphatic carbocycles. The highest BCUT2D eigenvalue weighted by Crippen LogP contribution is 2.25. The highest BCUT2D eigenvalue weighted by atomic mass is 32.1. The zero-order valence-electron chi connectivity index (χ0n) is 13.5. The second kappa shape index (κ2) is 7.16. The number of carbonyl (C=O) groups excluding carboxylic acids is 1. The Kier molecular flexibility index (Phi) is 4.95. The van der Waals surface area contributed by atoms with Crippen LogP contribution in [0, 0.1) is 6.92 Å². The summed E-state index contributed by atoms with van der Waals surface area (Å²) in [5, 5.41) is 15.1. The van der Waals surface area contributed by atoms with Gasteiger partial charge in [-0.15, -0.1) is 22.7 Å². The number of nitrogens with one attached hydrogen (secondary N) is 1. The number of nitrogens with zero attached hydrogens (tertiary/aromatic N) is 2. The summed E-state index contributed by atoms with van der Waals surface area (Å²) in [5.41, 5.74) is 2.01. The third-order valence-corrected chi connectivity index (χ3v) is 5.69. The van der Waals surface area contributed by atoms with E-state index in [0.717, 1.165) is 21.9 Å². The van der Waals surface area contributed by atoms with Crippen molar-refractivity contribution < 1.29 is 19.1 Å². The molecule has 1 unspecified atom stereocenters. The molecule has 2 N–H and O–H groups in total. The summed E-state index contributed by atoms with van der Waals surface area (Å²) in [6.07, 6.45) is 3.33. The van der Waals surface area contributed by atoms with Gasteiger partial charge in [0.25, 0.3) is 0 Å². The molecule has 1 atom stereocenters. The lowest BCUT2D eigenvalue weighted by molar-refractivity contribution is -0.121. The summed E-state index contributed by atoms with van der Waals surface area (Å²) >= 11 is 2.52. The molecule has 0 saturated carbocycles. The number of aromatic carboxylic acids is 1. The SMILES string of the molecule is Cc1nc(C(C)NC(=O)Cc2csc(-c3ccoc3)n2)sc1C(=O)O. The van der Waals surface area contributed by atoms with Crippen LogP contribution in [0.4, 0.5) is 0 Å². The molecule has 0 aliphatic rings. The van der Waals surface area contributed by atoms with E-state index in [9.17, 15) is 9.59 Å². The number of furan rings is 1. The molecule has 3 heterocycles. The summed E-state index contributed by atoms with van der Waals surface area (Å²) in [6.45, 7) is 3.42. The normalized spacial score (nSPS) is 12.1. The van der Waals surface area contributed by atoms with Gasteiger partial charge in [-0.25, -0.2) is 14.8 Å². The first-order valence-corrected chi connectivity index (χ1v) is 9.10. The van der Waals surface area contributed by atoms with E-state index in [4.69, 9.17) is 9.52 Å². The minimum Gasteiger partial charge on any atom is -0.477 e. The molecule has 0 saturated heterocycles. The molecule has 3 aromatic rings. The number of carboxylic acids is 1. The van der Waals surface area contributed by atoms with Crippen molar-refractivity contribution in [2.45, 2.75) is 26.3 Å². The van der Waals surface area contributed by atoms with Crippen LogP contribution in [0.2, 0.25) is 0 Å². The van der Waals surface area contributed by atoms with Crippen molar-refractivity contribution in [3.8, 4) is 10.6 Å². The highest BCUT2D eigenvalue weighted by Gasteiger charge is 2.19. The van der Waals surface area contributed by atoms with Gasteiger partial charge in [-0.05, 0) is 19.9 Å². The quantitative estimate of drug-likeness (QED) is 0.683. The fourth-order valence-electron chi connectivity index (χ4n) is 2.23. The first-order chi connectivity index (χ1) is 11.9.